The zero-order valence-electron chi connectivity index (χ0n) is 17.2. The molecular formula is C23H18FN3O5S. The Labute approximate surface area is 191 Å². The van der Waals surface area contributed by atoms with Gasteiger partial charge in [-0.25, -0.2) is 4.39 Å². The highest BCUT2D eigenvalue weighted by Crippen LogP contribution is 2.36. The fourth-order valence-corrected chi connectivity index (χ4v) is 4.66. The molecule has 3 heterocycles. The second-order valence-electron chi connectivity index (χ2n) is 7.54. The van der Waals surface area contributed by atoms with Crippen molar-refractivity contribution >= 4 is 40.2 Å². The van der Waals surface area contributed by atoms with E-state index in [1.54, 1.807) is 18.2 Å². The lowest BCUT2D eigenvalue weighted by Crippen LogP contribution is -2.30. The highest BCUT2D eigenvalue weighted by molar-refractivity contribution is 7.10. The van der Waals surface area contributed by atoms with Crippen molar-refractivity contribution in [2.24, 2.45) is 5.16 Å². The van der Waals surface area contributed by atoms with E-state index in [1.165, 1.54) is 28.4 Å². The summed E-state index contributed by atoms with van der Waals surface area (Å²) in [5.41, 5.74) is 2.21. The molecule has 2 aromatic carbocycles. The lowest BCUT2D eigenvalue weighted by Gasteiger charge is -2.24. The third-order valence-electron chi connectivity index (χ3n) is 5.37. The Balaban J connectivity index is 1.46. The van der Waals surface area contributed by atoms with Crippen LogP contribution in [0.2, 0.25) is 0 Å². The van der Waals surface area contributed by atoms with E-state index in [0.29, 0.717) is 33.8 Å². The highest BCUT2D eigenvalue weighted by atomic mass is 32.1. The van der Waals surface area contributed by atoms with Crippen LogP contribution in [0.1, 0.15) is 21.6 Å². The van der Waals surface area contributed by atoms with Crippen LogP contribution < -0.4 is 15.0 Å². The molecule has 0 bridgehead atoms. The van der Waals surface area contributed by atoms with E-state index in [4.69, 9.17) is 9.47 Å². The molecule has 0 saturated carbocycles. The summed E-state index contributed by atoms with van der Waals surface area (Å²) in [6.07, 6.45) is 0.232. The quantitative estimate of drug-likeness (QED) is 0.441. The minimum atomic E-state index is -0.542. The first-order chi connectivity index (χ1) is 16.0. The zero-order chi connectivity index (χ0) is 22.9. The third kappa shape index (κ3) is 4.06. The fraction of sp³-hybridized carbons (Fsp3) is 0.174. The number of fused-ring (bicyclic) bond motifs is 2. The Morgan fingerprint density at radius 2 is 2.15 bits per heavy atom. The van der Waals surface area contributed by atoms with Crippen molar-refractivity contribution in [3.63, 3.8) is 0 Å². The van der Waals surface area contributed by atoms with Crippen molar-refractivity contribution in [1.82, 2.24) is 0 Å². The molecule has 1 aromatic heterocycles. The number of hydrogen-bond donors (Lipinski definition) is 2. The number of benzene rings is 2. The summed E-state index contributed by atoms with van der Waals surface area (Å²) in [6, 6.07) is 11.3. The van der Waals surface area contributed by atoms with Crippen LogP contribution in [-0.2, 0) is 33.9 Å². The number of carbonyl (C=O) groups is 2. The van der Waals surface area contributed by atoms with Gasteiger partial charge in [0.25, 0.3) is 5.91 Å². The number of thiophene rings is 1. The lowest BCUT2D eigenvalue weighted by atomic mass is 10.1. The minimum Gasteiger partial charge on any atom is -0.467 e. The molecule has 0 atom stereocenters. The molecule has 8 nitrogen and oxygen atoms in total. The van der Waals surface area contributed by atoms with Crippen molar-refractivity contribution in [3.05, 3.63) is 75.2 Å². The van der Waals surface area contributed by atoms with Gasteiger partial charge in [0.2, 0.25) is 5.91 Å². The number of oxime groups is 1. The summed E-state index contributed by atoms with van der Waals surface area (Å²) in [5, 5.41) is 17.3. The van der Waals surface area contributed by atoms with E-state index >= 15 is 0 Å². The largest absolute Gasteiger partial charge is 0.467 e. The van der Waals surface area contributed by atoms with Crippen LogP contribution in [0.3, 0.4) is 0 Å². The van der Waals surface area contributed by atoms with Gasteiger partial charge in [0.05, 0.1) is 25.3 Å². The van der Waals surface area contributed by atoms with E-state index in [2.05, 4.69) is 10.5 Å². The number of nitrogens with zero attached hydrogens (tertiary/aromatic N) is 2. The van der Waals surface area contributed by atoms with Gasteiger partial charge in [0, 0.05) is 27.3 Å². The van der Waals surface area contributed by atoms with Gasteiger partial charge in [-0.2, -0.15) is 0 Å². The number of rotatable bonds is 5. The van der Waals surface area contributed by atoms with E-state index in [0.717, 1.165) is 4.88 Å². The first-order valence-corrected chi connectivity index (χ1v) is 10.9. The number of ether oxygens (including phenoxy) is 2. The molecule has 0 aliphatic carbocycles. The molecule has 2 aliphatic rings. The summed E-state index contributed by atoms with van der Waals surface area (Å²) < 4.78 is 25.0. The van der Waals surface area contributed by atoms with Gasteiger partial charge >= 0.3 is 0 Å². The maximum Gasteiger partial charge on any atom is 0.281 e. The van der Waals surface area contributed by atoms with Crippen molar-refractivity contribution < 1.29 is 28.7 Å². The number of nitrogens with one attached hydrogen (secondary N) is 1. The van der Waals surface area contributed by atoms with E-state index in [9.17, 15) is 19.2 Å². The number of carbonyl (C=O) groups excluding carboxylic acids is 2. The molecule has 3 aromatic rings. The molecule has 0 radical (unpaired) electrons. The normalized spacial score (nSPS) is 15.8. The fourth-order valence-electron chi connectivity index (χ4n) is 3.96. The summed E-state index contributed by atoms with van der Waals surface area (Å²) in [5.74, 6) is -0.751. The van der Waals surface area contributed by atoms with Crippen LogP contribution >= 0.6 is 11.3 Å². The molecule has 2 aliphatic heterocycles. The van der Waals surface area contributed by atoms with Crippen LogP contribution in [0.15, 0.2) is 53.0 Å². The molecule has 2 N–H and O–H groups in total. The maximum absolute atomic E-state index is 14.2. The summed E-state index contributed by atoms with van der Waals surface area (Å²) in [6.45, 7) is 0.214. The van der Waals surface area contributed by atoms with Crippen LogP contribution in [-0.4, -0.2) is 29.5 Å². The summed E-state index contributed by atoms with van der Waals surface area (Å²) in [7, 11) is 0. The highest BCUT2D eigenvalue weighted by Gasteiger charge is 2.36. The van der Waals surface area contributed by atoms with Crippen molar-refractivity contribution in [2.45, 2.75) is 19.6 Å². The van der Waals surface area contributed by atoms with Crippen LogP contribution in [0.5, 0.6) is 5.75 Å². The van der Waals surface area contributed by atoms with Crippen LogP contribution in [0.25, 0.3) is 0 Å². The number of amides is 2. The Morgan fingerprint density at radius 3 is 2.94 bits per heavy atom. The Bertz CT molecular complexity index is 1280. The molecule has 5 rings (SSSR count). The van der Waals surface area contributed by atoms with Gasteiger partial charge in [0.15, 0.2) is 12.5 Å². The van der Waals surface area contributed by atoms with Gasteiger partial charge in [-0.1, -0.05) is 11.2 Å². The number of halogens is 1. The zero-order valence-corrected chi connectivity index (χ0v) is 18.0. The SMILES string of the molecule is O=C(Cc1cccs1)Nc1ccc2c(c1)N(Cc1cc(F)cc3c1OCOC3)C(=O)/C2=N\O. The third-order valence-corrected chi connectivity index (χ3v) is 6.25. The molecule has 168 valence electrons. The first-order valence-electron chi connectivity index (χ1n) is 10.1. The molecule has 2 amide bonds. The Morgan fingerprint density at radius 1 is 1.27 bits per heavy atom. The predicted molar refractivity (Wildman–Crippen MR) is 119 cm³/mol. The molecule has 0 fully saturated rings. The van der Waals surface area contributed by atoms with E-state index < -0.39 is 11.7 Å². The average Bonchev–Trinajstić information content (AvgIpc) is 3.39. The molecule has 0 unspecified atom stereocenters. The number of anilines is 2. The molecule has 0 spiro atoms. The minimum absolute atomic E-state index is 0.0163. The van der Waals surface area contributed by atoms with Crippen molar-refractivity contribution in [2.75, 3.05) is 17.0 Å². The number of hydrogen-bond acceptors (Lipinski definition) is 7. The van der Waals surface area contributed by atoms with Crippen molar-refractivity contribution in [3.8, 4) is 5.75 Å². The monoisotopic (exact) mass is 467 g/mol. The van der Waals surface area contributed by atoms with Gasteiger partial charge in [-0.15, -0.1) is 11.3 Å². The van der Waals surface area contributed by atoms with Gasteiger partial charge in [0.1, 0.15) is 11.6 Å². The molecule has 10 heteroatoms. The van der Waals surface area contributed by atoms with E-state index in [-0.39, 0.29) is 38.0 Å². The molecule has 33 heavy (non-hydrogen) atoms. The molecular weight excluding hydrogens is 449 g/mol. The summed E-state index contributed by atoms with van der Waals surface area (Å²) >= 11 is 1.49. The smallest absolute Gasteiger partial charge is 0.281 e. The lowest BCUT2D eigenvalue weighted by molar-refractivity contribution is -0.115. The Kier molecular flexibility index (Phi) is 5.53. The topological polar surface area (TPSA) is 100 Å². The van der Waals surface area contributed by atoms with Crippen molar-refractivity contribution in [1.29, 1.82) is 0 Å². The van der Waals surface area contributed by atoms with Crippen LogP contribution in [0.4, 0.5) is 15.8 Å². The average molecular weight is 467 g/mol. The first kappa shape index (κ1) is 21.1. The summed E-state index contributed by atoms with van der Waals surface area (Å²) in [4.78, 5) is 27.7. The Hall–Kier alpha value is -3.76. The second kappa shape index (κ2) is 8.64. The van der Waals surface area contributed by atoms with Gasteiger partial charge in [-0.05, 0) is 41.8 Å². The predicted octanol–water partition coefficient (Wildman–Crippen LogP) is 3.66. The van der Waals surface area contributed by atoms with Gasteiger partial charge < -0.3 is 24.9 Å². The molecule has 0 saturated heterocycles. The standard InChI is InChI=1S/C23H18FN3O5S/c24-15-6-13(22-14(7-15)11-31-12-32-22)10-27-19-8-16(3-4-18(19)21(26-30)23(27)29)25-20(28)9-17-2-1-5-33-17/h1-8,30H,9-12H2,(H,25,28)/b26-21-. The maximum atomic E-state index is 14.2. The van der Waals surface area contributed by atoms with E-state index in [1.807, 2.05) is 17.5 Å². The second-order valence-corrected chi connectivity index (χ2v) is 8.57. The van der Waals surface area contributed by atoms with Gasteiger partial charge in [-0.3, -0.25) is 9.59 Å². The van der Waals surface area contributed by atoms with Crippen LogP contribution in [0, 0.1) is 5.82 Å².